The highest BCUT2D eigenvalue weighted by molar-refractivity contribution is 6.56. The zero-order valence-electron chi connectivity index (χ0n) is 23.9. The van der Waals surface area contributed by atoms with Crippen LogP contribution in [0.3, 0.4) is 0 Å². The molecule has 3 aromatic rings. The minimum atomic E-state index is -0.798. The molecule has 0 aromatic heterocycles. The maximum atomic E-state index is 13.0. The van der Waals surface area contributed by atoms with Gasteiger partial charge in [-0.2, -0.15) is 0 Å². The van der Waals surface area contributed by atoms with Gasteiger partial charge in [-0.3, -0.25) is 4.79 Å². The second-order valence-electron chi connectivity index (χ2n) is 11.3. The Morgan fingerprint density at radius 2 is 1.56 bits per heavy atom. The molecule has 2 aliphatic rings. The molecule has 1 aliphatic heterocycles. The van der Waals surface area contributed by atoms with Crippen molar-refractivity contribution in [1.29, 1.82) is 0 Å². The number of nitrogens with one attached hydrogen (secondary N) is 1. The van der Waals surface area contributed by atoms with Crippen molar-refractivity contribution in [3.05, 3.63) is 88.4 Å². The summed E-state index contributed by atoms with van der Waals surface area (Å²) in [5, 5.41) is 13.0. The second kappa shape index (κ2) is 11.1. The molecule has 1 fully saturated rings. The van der Waals surface area contributed by atoms with Crippen molar-refractivity contribution in [3.8, 4) is 22.6 Å². The van der Waals surface area contributed by atoms with E-state index in [0.29, 0.717) is 17.3 Å². The molecule has 9 heteroatoms. The minimum Gasteiger partial charge on any atom is -0.504 e. The van der Waals surface area contributed by atoms with Crippen LogP contribution in [0.15, 0.2) is 66.1 Å². The van der Waals surface area contributed by atoms with E-state index in [1.165, 1.54) is 13.2 Å². The Bertz CT molecular complexity index is 1450. The molecule has 212 valence electrons. The number of carbonyl (C=O) groups is 2. The Hall–Kier alpha value is -4.08. The van der Waals surface area contributed by atoms with Crippen molar-refractivity contribution < 1.29 is 33.5 Å². The predicted octanol–water partition coefficient (Wildman–Crippen LogP) is 5.77. The second-order valence-corrected chi connectivity index (χ2v) is 11.3. The molecule has 1 amide bonds. The molecule has 0 atom stereocenters. The number of aromatic hydroxyl groups is 1. The van der Waals surface area contributed by atoms with Gasteiger partial charge in [0.05, 0.1) is 18.3 Å². The summed E-state index contributed by atoms with van der Waals surface area (Å²) in [6.45, 7) is 7.96. The van der Waals surface area contributed by atoms with E-state index in [9.17, 15) is 14.7 Å². The van der Waals surface area contributed by atoms with Crippen LogP contribution in [0.2, 0.25) is 0 Å². The number of methoxy groups -OCH3 is 1. The number of aldehydes is 1. The summed E-state index contributed by atoms with van der Waals surface area (Å²) in [6.07, 6.45) is 1.76. The van der Waals surface area contributed by atoms with E-state index in [-0.39, 0.29) is 36.1 Å². The highest BCUT2D eigenvalue weighted by Crippen LogP contribution is 2.44. The molecular formula is C32H34BNO7. The number of carbonyl (C=O) groups excluding carboxylic acids is 2. The Kier molecular flexibility index (Phi) is 7.68. The molecule has 0 bridgehead atoms. The first-order valence-corrected chi connectivity index (χ1v) is 13.6. The highest BCUT2D eigenvalue weighted by Gasteiger charge is 2.52. The van der Waals surface area contributed by atoms with Gasteiger partial charge in [-0.1, -0.05) is 54.6 Å². The van der Waals surface area contributed by atoms with Crippen LogP contribution >= 0.6 is 0 Å². The van der Waals surface area contributed by atoms with Crippen LogP contribution < -0.4 is 10.1 Å². The van der Waals surface area contributed by atoms with Crippen molar-refractivity contribution in [1.82, 2.24) is 5.32 Å². The van der Waals surface area contributed by atoms with Crippen molar-refractivity contribution in [2.24, 2.45) is 0 Å². The SMILES string of the molecule is COc1cc(C=C(CNC(=O)OCC2c3ccccc3-c3ccccc32)B2OC(C)(C)C(C)(C)O2)c(C=O)cc1O. The first kappa shape index (κ1) is 28.5. The molecule has 41 heavy (non-hydrogen) atoms. The lowest BCUT2D eigenvalue weighted by Crippen LogP contribution is -2.41. The van der Waals surface area contributed by atoms with E-state index in [1.807, 2.05) is 52.0 Å². The molecular weight excluding hydrogens is 521 g/mol. The number of ether oxygens (including phenoxy) is 2. The number of benzene rings is 3. The summed E-state index contributed by atoms with van der Waals surface area (Å²) < 4.78 is 23.5. The summed E-state index contributed by atoms with van der Waals surface area (Å²) in [5.74, 6) is -0.00817. The lowest BCUT2D eigenvalue weighted by Gasteiger charge is -2.32. The maximum Gasteiger partial charge on any atom is 0.492 e. The number of fused-ring (bicyclic) bond motifs is 3. The lowest BCUT2D eigenvalue weighted by molar-refractivity contribution is 0.00578. The standard InChI is InChI=1S/C32H34BNO7/c1-31(2)32(3,4)41-33(40-31)22(14-20-16-29(38-5)28(36)15-21(20)18-35)17-34-30(37)39-19-27-25-12-8-6-10-23(25)24-11-7-9-13-26(24)27/h6-16,18,27,36H,17,19H2,1-5H3,(H,34,37). The minimum absolute atomic E-state index is 0.0367. The zero-order valence-corrected chi connectivity index (χ0v) is 23.9. The van der Waals surface area contributed by atoms with Crippen LogP contribution in [0.25, 0.3) is 17.2 Å². The number of rotatable bonds is 8. The van der Waals surface area contributed by atoms with E-state index in [4.69, 9.17) is 18.8 Å². The number of hydrogen-bond acceptors (Lipinski definition) is 7. The molecule has 3 aromatic carbocycles. The number of hydrogen-bond donors (Lipinski definition) is 2. The lowest BCUT2D eigenvalue weighted by atomic mass is 9.76. The van der Waals surface area contributed by atoms with Gasteiger partial charge in [0, 0.05) is 18.0 Å². The summed E-state index contributed by atoms with van der Waals surface area (Å²) in [4.78, 5) is 24.8. The van der Waals surface area contributed by atoms with Crippen molar-refractivity contribution in [2.45, 2.75) is 44.8 Å². The number of alkyl carbamates (subject to hydrolysis) is 1. The fourth-order valence-electron chi connectivity index (χ4n) is 5.21. The van der Waals surface area contributed by atoms with Gasteiger partial charge in [-0.15, -0.1) is 0 Å². The van der Waals surface area contributed by atoms with Crippen molar-refractivity contribution >= 4 is 25.6 Å². The normalized spacial score (nSPS) is 17.1. The van der Waals surface area contributed by atoms with Gasteiger partial charge in [0.2, 0.25) is 0 Å². The van der Waals surface area contributed by atoms with Crippen molar-refractivity contribution in [2.75, 3.05) is 20.3 Å². The third-order valence-corrected chi connectivity index (χ3v) is 8.19. The molecule has 1 aliphatic carbocycles. The van der Waals surface area contributed by atoms with E-state index in [2.05, 4.69) is 29.6 Å². The van der Waals surface area contributed by atoms with Gasteiger partial charge in [0.1, 0.15) is 6.61 Å². The molecule has 5 rings (SSSR count). The van der Waals surface area contributed by atoms with E-state index in [1.54, 1.807) is 12.1 Å². The van der Waals surface area contributed by atoms with Gasteiger partial charge >= 0.3 is 13.2 Å². The third-order valence-electron chi connectivity index (χ3n) is 8.19. The zero-order chi connectivity index (χ0) is 29.4. The third kappa shape index (κ3) is 5.47. The van der Waals surface area contributed by atoms with E-state index >= 15 is 0 Å². The Morgan fingerprint density at radius 1 is 0.976 bits per heavy atom. The monoisotopic (exact) mass is 555 g/mol. The molecule has 0 saturated carbocycles. The van der Waals surface area contributed by atoms with E-state index < -0.39 is 24.4 Å². The summed E-state index contributed by atoms with van der Waals surface area (Å²) in [7, 11) is 0.630. The van der Waals surface area contributed by atoms with Gasteiger partial charge in [-0.05, 0) is 73.1 Å². The highest BCUT2D eigenvalue weighted by atomic mass is 16.7. The molecule has 0 spiro atoms. The number of phenolic OH excluding ortho intramolecular Hbond substituents is 1. The summed E-state index contributed by atoms with van der Waals surface area (Å²) in [5.41, 5.74) is 4.60. The summed E-state index contributed by atoms with van der Waals surface area (Å²) >= 11 is 0. The molecule has 8 nitrogen and oxygen atoms in total. The van der Waals surface area contributed by atoms with Crippen LogP contribution in [0.1, 0.15) is 60.7 Å². The smallest absolute Gasteiger partial charge is 0.492 e. The predicted molar refractivity (Wildman–Crippen MR) is 157 cm³/mol. The fraction of sp³-hybridized carbons (Fsp3) is 0.312. The molecule has 1 saturated heterocycles. The fourth-order valence-corrected chi connectivity index (χ4v) is 5.21. The number of phenols is 1. The van der Waals surface area contributed by atoms with Crippen LogP contribution in [-0.4, -0.2) is 56.1 Å². The van der Waals surface area contributed by atoms with Gasteiger partial charge in [0.15, 0.2) is 17.8 Å². The maximum absolute atomic E-state index is 13.0. The van der Waals surface area contributed by atoms with Crippen LogP contribution in [-0.2, 0) is 14.0 Å². The average molecular weight is 555 g/mol. The van der Waals surface area contributed by atoms with Crippen molar-refractivity contribution in [3.63, 3.8) is 0 Å². The Balaban J connectivity index is 1.36. The van der Waals surface area contributed by atoms with Crippen LogP contribution in [0.5, 0.6) is 11.5 Å². The topological polar surface area (TPSA) is 103 Å². The molecule has 0 unspecified atom stereocenters. The quantitative estimate of drug-likeness (QED) is 0.269. The average Bonchev–Trinajstić information content (AvgIpc) is 3.38. The first-order valence-electron chi connectivity index (χ1n) is 13.6. The molecule has 1 heterocycles. The first-order chi connectivity index (χ1) is 19.5. The van der Waals surface area contributed by atoms with Gasteiger partial charge in [0.25, 0.3) is 0 Å². The molecule has 2 N–H and O–H groups in total. The van der Waals surface area contributed by atoms with Gasteiger partial charge < -0.3 is 29.2 Å². The molecule has 0 radical (unpaired) electrons. The number of amides is 1. The van der Waals surface area contributed by atoms with Crippen LogP contribution in [0, 0.1) is 0 Å². The Morgan fingerprint density at radius 3 is 2.12 bits per heavy atom. The van der Waals surface area contributed by atoms with E-state index in [0.717, 1.165) is 22.3 Å². The summed E-state index contributed by atoms with van der Waals surface area (Å²) in [6, 6.07) is 19.2. The Labute approximate surface area is 240 Å². The van der Waals surface area contributed by atoms with Gasteiger partial charge in [-0.25, -0.2) is 4.79 Å². The largest absolute Gasteiger partial charge is 0.504 e. The van der Waals surface area contributed by atoms with Crippen LogP contribution in [0.4, 0.5) is 4.79 Å².